The van der Waals surface area contributed by atoms with Gasteiger partial charge in [-0.2, -0.15) is 0 Å². The van der Waals surface area contributed by atoms with Crippen molar-refractivity contribution in [3.8, 4) is 0 Å². The van der Waals surface area contributed by atoms with Crippen LogP contribution in [0.3, 0.4) is 0 Å². The third-order valence-corrected chi connectivity index (χ3v) is 2.78. The molecule has 94 valence electrons. The van der Waals surface area contributed by atoms with Crippen LogP contribution in [0.4, 0.5) is 11.4 Å². The van der Waals surface area contributed by atoms with Crippen LogP contribution in [0.1, 0.15) is 44.6 Å². The maximum Gasteiger partial charge on any atom is 0.224 e. The third kappa shape index (κ3) is 4.89. The lowest BCUT2D eigenvalue weighted by atomic mass is 10.1. The van der Waals surface area contributed by atoms with Crippen molar-refractivity contribution in [2.75, 3.05) is 11.1 Å². The summed E-state index contributed by atoms with van der Waals surface area (Å²) in [4.78, 5) is 11.7. The molecule has 0 saturated heterocycles. The van der Waals surface area contributed by atoms with Gasteiger partial charge in [-0.25, -0.2) is 0 Å². The van der Waals surface area contributed by atoms with Gasteiger partial charge in [0.05, 0.1) is 0 Å². The molecule has 0 radical (unpaired) electrons. The molecule has 0 bridgehead atoms. The lowest BCUT2D eigenvalue weighted by Crippen LogP contribution is -2.12. The highest BCUT2D eigenvalue weighted by Crippen LogP contribution is 2.18. The number of nitrogens with two attached hydrogens (primary N) is 1. The number of anilines is 2. The van der Waals surface area contributed by atoms with E-state index in [4.69, 9.17) is 5.73 Å². The fraction of sp³-hybridized carbons (Fsp3) is 0.500. The van der Waals surface area contributed by atoms with Gasteiger partial charge < -0.3 is 11.1 Å². The summed E-state index contributed by atoms with van der Waals surface area (Å²) < 4.78 is 0. The number of nitrogens with one attached hydrogen (secondary N) is 1. The minimum Gasteiger partial charge on any atom is -0.399 e. The molecule has 1 rings (SSSR count). The van der Waals surface area contributed by atoms with Gasteiger partial charge in [0.25, 0.3) is 0 Å². The molecule has 0 aromatic heterocycles. The molecule has 0 atom stereocenters. The molecular formula is C14H22N2O. The zero-order chi connectivity index (χ0) is 12.7. The highest BCUT2D eigenvalue weighted by atomic mass is 16.1. The van der Waals surface area contributed by atoms with E-state index in [1.807, 2.05) is 19.1 Å². The van der Waals surface area contributed by atoms with Crippen LogP contribution in [-0.4, -0.2) is 5.91 Å². The van der Waals surface area contributed by atoms with Gasteiger partial charge in [0, 0.05) is 17.8 Å². The standard InChI is InChI=1S/C14H22N2O/c1-3-4-5-6-7-14(17)16-13-9-8-12(15)10-11(13)2/h8-10H,3-7,15H2,1-2H3,(H,16,17). The van der Waals surface area contributed by atoms with E-state index in [0.29, 0.717) is 6.42 Å². The maximum atomic E-state index is 11.7. The molecule has 0 unspecified atom stereocenters. The molecule has 1 aromatic rings. The van der Waals surface area contributed by atoms with Crippen molar-refractivity contribution in [1.29, 1.82) is 0 Å². The number of amides is 1. The number of rotatable bonds is 6. The van der Waals surface area contributed by atoms with Crippen molar-refractivity contribution < 1.29 is 4.79 Å². The summed E-state index contributed by atoms with van der Waals surface area (Å²) in [5, 5.41) is 2.92. The molecule has 3 heteroatoms. The molecule has 0 spiro atoms. The number of hydrogen-bond donors (Lipinski definition) is 2. The number of nitrogen functional groups attached to an aromatic ring is 1. The smallest absolute Gasteiger partial charge is 0.224 e. The predicted octanol–water partition coefficient (Wildman–Crippen LogP) is 3.49. The second-order valence-corrected chi connectivity index (χ2v) is 4.43. The molecule has 0 heterocycles. The van der Waals surface area contributed by atoms with Crippen molar-refractivity contribution in [2.24, 2.45) is 0 Å². The van der Waals surface area contributed by atoms with E-state index in [1.165, 1.54) is 12.8 Å². The van der Waals surface area contributed by atoms with Crippen LogP contribution in [0.5, 0.6) is 0 Å². The van der Waals surface area contributed by atoms with E-state index in [1.54, 1.807) is 6.07 Å². The molecule has 0 saturated carbocycles. The molecule has 3 N–H and O–H groups in total. The first-order chi connectivity index (χ1) is 8.13. The minimum atomic E-state index is 0.0916. The number of carbonyl (C=O) groups excluding carboxylic acids is 1. The van der Waals surface area contributed by atoms with Gasteiger partial charge in [-0.3, -0.25) is 4.79 Å². The first-order valence-corrected chi connectivity index (χ1v) is 6.29. The predicted molar refractivity (Wildman–Crippen MR) is 73.0 cm³/mol. The van der Waals surface area contributed by atoms with E-state index in [9.17, 15) is 4.79 Å². The zero-order valence-corrected chi connectivity index (χ0v) is 10.8. The number of carbonyl (C=O) groups is 1. The summed E-state index contributed by atoms with van der Waals surface area (Å²) in [7, 11) is 0. The number of unbranched alkanes of at least 4 members (excludes halogenated alkanes) is 3. The second-order valence-electron chi connectivity index (χ2n) is 4.43. The van der Waals surface area contributed by atoms with Gasteiger partial charge in [-0.15, -0.1) is 0 Å². The fourth-order valence-electron chi connectivity index (χ4n) is 1.75. The highest BCUT2D eigenvalue weighted by Gasteiger charge is 2.04. The molecule has 17 heavy (non-hydrogen) atoms. The third-order valence-electron chi connectivity index (χ3n) is 2.78. The van der Waals surface area contributed by atoms with Gasteiger partial charge in [-0.05, 0) is 37.1 Å². The summed E-state index contributed by atoms with van der Waals surface area (Å²) in [6.45, 7) is 4.11. The van der Waals surface area contributed by atoms with E-state index >= 15 is 0 Å². The van der Waals surface area contributed by atoms with E-state index < -0.39 is 0 Å². The average Bonchev–Trinajstić information content (AvgIpc) is 2.28. The Morgan fingerprint density at radius 2 is 2.06 bits per heavy atom. The summed E-state index contributed by atoms with van der Waals surface area (Å²) in [5.41, 5.74) is 8.25. The quantitative estimate of drug-likeness (QED) is 0.584. The molecule has 1 aromatic carbocycles. The molecule has 3 nitrogen and oxygen atoms in total. The molecule has 0 aliphatic heterocycles. The first-order valence-electron chi connectivity index (χ1n) is 6.29. The van der Waals surface area contributed by atoms with Crippen molar-refractivity contribution in [3.05, 3.63) is 23.8 Å². The Hall–Kier alpha value is -1.51. The second kappa shape index (κ2) is 6.94. The maximum absolute atomic E-state index is 11.7. The molecule has 0 aliphatic rings. The van der Waals surface area contributed by atoms with Crippen LogP contribution >= 0.6 is 0 Å². The molecule has 0 aliphatic carbocycles. The van der Waals surface area contributed by atoms with Crippen molar-refractivity contribution in [3.63, 3.8) is 0 Å². The van der Waals surface area contributed by atoms with Crippen LogP contribution < -0.4 is 11.1 Å². The molecular weight excluding hydrogens is 212 g/mol. The van der Waals surface area contributed by atoms with Gasteiger partial charge in [-0.1, -0.05) is 26.2 Å². The van der Waals surface area contributed by atoms with Gasteiger partial charge in [0.1, 0.15) is 0 Å². The Kier molecular flexibility index (Phi) is 5.53. The summed E-state index contributed by atoms with van der Waals surface area (Å²) in [5.74, 6) is 0.0916. The zero-order valence-electron chi connectivity index (χ0n) is 10.8. The lowest BCUT2D eigenvalue weighted by molar-refractivity contribution is -0.116. The van der Waals surface area contributed by atoms with Crippen molar-refractivity contribution in [2.45, 2.75) is 46.0 Å². The van der Waals surface area contributed by atoms with Crippen LogP contribution in [0.2, 0.25) is 0 Å². The van der Waals surface area contributed by atoms with E-state index in [2.05, 4.69) is 12.2 Å². The summed E-state index contributed by atoms with van der Waals surface area (Å²) >= 11 is 0. The Bertz CT molecular complexity index is 374. The van der Waals surface area contributed by atoms with Crippen molar-refractivity contribution >= 4 is 17.3 Å². The topological polar surface area (TPSA) is 55.1 Å². The van der Waals surface area contributed by atoms with Crippen LogP contribution in [0.15, 0.2) is 18.2 Å². The van der Waals surface area contributed by atoms with Gasteiger partial charge >= 0.3 is 0 Å². The number of hydrogen-bond acceptors (Lipinski definition) is 2. The van der Waals surface area contributed by atoms with Crippen molar-refractivity contribution in [1.82, 2.24) is 0 Å². The number of aryl methyl sites for hydroxylation is 1. The normalized spacial score (nSPS) is 10.2. The van der Waals surface area contributed by atoms with Crippen LogP contribution in [0, 0.1) is 6.92 Å². The van der Waals surface area contributed by atoms with Crippen LogP contribution in [0.25, 0.3) is 0 Å². The SMILES string of the molecule is CCCCCCC(=O)Nc1ccc(N)cc1C. The number of benzene rings is 1. The lowest BCUT2D eigenvalue weighted by Gasteiger charge is -2.08. The summed E-state index contributed by atoms with van der Waals surface area (Å²) in [6.07, 6.45) is 5.09. The minimum absolute atomic E-state index is 0.0916. The monoisotopic (exact) mass is 234 g/mol. The average molecular weight is 234 g/mol. The largest absolute Gasteiger partial charge is 0.399 e. The van der Waals surface area contributed by atoms with Gasteiger partial charge in [0.15, 0.2) is 0 Å². The van der Waals surface area contributed by atoms with E-state index in [-0.39, 0.29) is 5.91 Å². The first kappa shape index (κ1) is 13.6. The Morgan fingerprint density at radius 3 is 2.71 bits per heavy atom. The Morgan fingerprint density at radius 1 is 1.29 bits per heavy atom. The van der Waals surface area contributed by atoms with E-state index in [0.717, 1.165) is 29.8 Å². The molecule has 0 fully saturated rings. The van der Waals surface area contributed by atoms with Crippen LogP contribution in [-0.2, 0) is 4.79 Å². The molecule has 1 amide bonds. The fourth-order valence-corrected chi connectivity index (χ4v) is 1.75. The Labute approximate surface area is 103 Å². The summed E-state index contributed by atoms with van der Waals surface area (Å²) in [6, 6.07) is 5.53. The Balaban J connectivity index is 2.40. The van der Waals surface area contributed by atoms with Gasteiger partial charge in [0.2, 0.25) is 5.91 Å². The highest BCUT2D eigenvalue weighted by molar-refractivity contribution is 5.91.